The molecule has 0 aliphatic heterocycles. The molecule has 1 aliphatic rings. The number of hydrogen-bond donors (Lipinski definition) is 2. The van der Waals surface area contributed by atoms with Gasteiger partial charge in [-0.15, -0.1) is 0 Å². The summed E-state index contributed by atoms with van der Waals surface area (Å²) in [5.41, 5.74) is 3.05. The van der Waals surface area contributed by atoms with Crippen LogP contribution in [0.15, 0.2) is 66.7 Å². The highest BCUT2D eigenvalue weighted by molar-refractivity contribution is 5.84. The summed E-state index contributed by atoms with van der Waals surface area (Å²) < 4.78 is 20.2. The molecule has 0 aromatic heterocycles. The zero-order valence-corrected chi connectivity index (χ0v) is 20.6. The fourth-order valence-electron chi connectivity index (χ4n) is 4.78. The summed E-state index contributed by atoms with van der Waals surface area (Å²) >= 11 is 0. The maximum absolute atomic E-state index is 13.9. The Morgan fingerprint density at radius 2 is 1.92 bits per heavy atom. The van der Waals surface area contributed by atoms with Crippen LogP contribution in [0.25, 0.3) is 0 Å². The molecule has 0 bridgehead atoms. The molecule has 0 radical (unpaired) electrons. The highest BCUT2D eigenvalue weighted by Gasteiger charge is 2.51. The van der Waals surface area contributed by atoms with E-state index in [2.05, 4.69) is 11.4 Å². The maximum atomic E-state index is 13.9. The molecule has 6 heteroatoms. The molecule has 36 heavy (non-hydrogen) atoms. The molecule has 0 heterocycles. The van der Waals surface area contributed by atoms with Crippen molar-refractivity contribution in [2.45, 2.75) is 57.1 Å². The van der Waals surface area contributed by atoms with Crippen molar-refractivity contribution in [3.05, 3.63) is 100 Å². The SMILES string of the molecule is CC[C@@H](Oc1c(C)cc(F)cc1C#N)[C@H](NCCc1cccc(C2(C(=O)O)CC2)c1)c1ccccc1. The van der Waals surface area contributed by atoms with Crippen LogP contribution in [0, 0.1) is 24.1 Å². The van der Waals surface area contributed by atoms with Crippen molar-refractivity contribution in [2.75, 3.05) is 6.54 Å². The Bertz CT molecular complexity index is 1260. The van der Waals surface area contributed by atoms with Gasteiger partial charge in [0.2, 0.25) is 0 Å². The van der Waals surface area contributed by atoms with E-state index in [0.717, 1.165) is 23.1 Å². The molecule has 0 amide bonds. The molecule has 5 nitrogen and oxygen atoms in total. The quantitative estimate of drug-likeness (QED) is 0.355. The van der Waals surface area contributed by atoms with E-state index < -0.39 is 17.2 Å². The van der Waals surface area contributed by atoms with Crippen LogP contribution in [0.3, 0.4) is 0 Å². The largest absolute Gasteiger partial charge is 0.487 e. The third-order valence-corrected chi connectivity index (χ3v) is 6.98. The summed E-state index contributed by atoms with van der Waals surface area (Å²) in [6, 6.07) is 22.3. The molecule has 1 fully saturated rings. The minimum Gasteiger partial charge on any atom is -0.487 e. The van der Waals surface area contributed by atoms with Gasteiger partial charge in [-0.1, -0.05) is 61.5 Å². The zero-order chi connectivity index (χ0) is 25.7. The summed E-state index contributed by atoms with van der Waals surface area (Å²) in [6.07, 6.45) is 2.47. The van der Waals surface area contributed by atoms with Gasteiger partial charge in [0.25, 0.3) is 0 Å². The number of carbonyl (C=O) groups is 1. The molecular formula is C30H31FN2O3. The number of carboxylic acid groups (broad SMARTS) is 1. The molecule has 1 saturated carbocycles. The van der Waals surface area contributed by atoms with Crippen molar-refractivity contribution in [1.29, 1.82) is 5.26 Å². The number of carboxylic acids is 1. The summed E-state index contributed by atoms with van der Waals surface area (Å²) in [5, 5.41) is 22.8. The molecule has 0 spiro atoms. The van der Waals surface area contributed by atoms with Gasteiger partial charge in [0, 0.05) is 0 Å². The van der Waals surface area contributed by atoms with Gasteiger partial charge in [-0.05, 0) is 73.5 Å². The van der Waals surface area contributed by atoms with E-state index >= 15 is 0 Å². The lowest BCUT2D eigenvalue weighted by Gasteiger charge is -2.29. The third kappa shape index (κ3) is 5.42. The molecule has 186 valence electrons. The van der Waals surface area contributed by atoms with Gasteiger partial charge < -0.3 is 15.2 Å². The fraction of sp³-hybridized carbons (Fsp3) is 0.333. The van der Waals surface area contributed by atoms with E-state index in [0.29, 0.717) is 37.1 Å². The molecule has 4 rings (SSSR count). The van der Waals surface area contributed by atoms with E-state index in [-0.39, 0.29) is 17.7 Å². The smallest absolute Gasteiger partial charge is 0.314 e. The number of benzene rings is 3. The van der Waals surface area contributed by atoms with Gasteiger partial charge in [-0.25, -0.2) is 4.39 Å². The molecule has 3 aromatic carbocycles. The van der Waals surface area contributed by atoms with E-state index in [1.807, 2.05) is 61.5 Å². The van der Waals surface area contributed by atoms with Gasteiger partial charge in [-0.3, -0.25) is 4.79 Å². The van der Waals surface area contributed by atoms with E-state index in [1.165, 1.54) is 12.1 Å². The van der Waals surface area contributed by atoms with Crippen LogP contribution in [0.1, 0.15) is 60.0 Å². The van der Waals surface area contributed by atoms with Crippen LogP contribution < -0.4 is 10.1 Å². The van der Waals surface area contributed by atoms with Crippen molar-refractivity contribution in [3.8, 4) is 11.8 Å². The monoisotopic (exact) mass is 486 g/mol. The standard InChI is InChI=1S/C30H31FN2O3/c1-3-26(36-28-20(2)16-25(31)18-23(28)19-32)27(22-9-5-4-6-10-22)33-15-12-21-8-7-11-24(17-21)30(13-14-30)29(34)35/h4-11,16-18,26-27,33H,3,12-15H2,1-2H3,(H,34,35)/t26-,27-/m1/s1. The lowest BCUT2D eigenvalue weighted by Crippen LogP contribution is -2.37. The summed E-state index contributed by atoms with van der Waals surface area (Å²) in [4.78, 5) is 11.7. The number of ether oxygens (including phenoxy) is 1. The number of hydrogen-bond acceptors (Lipinski definition) is 4. The molecule has 0 unspecified atom stereocenters. The van der Waals surface area contributed by atoms with Crippen LogP contribution in [0.4, 0.5) is 4.39 Å². The van der Waals surface area contributed by atoms with Crippen LogP contribution in [0.2, 0.25) is 0 Å². The number of aliphatic carboxylic acids is 1. The van der Waals surface area contributed by atoms with E-state index in [1.54, 1.807) is 6.92 Å². The van der Waals surface area contributed by atoms with Crippen LogP contribution in [-0.2, 0) is 16.6 Å². The number of nitrogens with zero attached hydrogens (tertiary/aromatic N) is 1. The summed E-state index contributed by atoms with van der Waals surface area (Å²) in [5.74, 6) is -0.803. The van der Waals surface area contributed by atoms with Crippen molar-refractivity contribution in [3.63, 3.8) is 0 Å². The Kier molecular flexibility index (Phi) is 7.71. The first-order valence-corrected chi connectivity index (χ1v) is 12.4. The molecular weight excluding hydrogens is 455 g/mol. The normalized spacial score (nSPS) is 15.5. The lowest BCUT2D eigenvalue weighted by molar-refractivity contribution is -0.140. The number of nitriles is 1. The highest BCUT2D eigenvalue weighted by Crippen LogP contribution is 2.48. The van der Waals surface area contributed by atoms with E-state index in [9.17, 15) is 19.6 Å². The number of nitrogens with one attached hydrogen (secondary N) is 1. The summed E-state index contributed by atoms with van der Waals surface area (Å²) in [7, 11) is 0. The average Bonchev–Trinajstić information content (AvgIpc) is 3.70. The van der Waals surface area contributed by atoms with Gasteiger partial charge >= 0.3 is 5.97 Å². The van der Waals surface area contributed by atoms with Crippen LogP contribution in [-0.4, -0.2) is 23.7 Å². The predicted molar refractivity (Wildman–Crippen MR) is 136 cm³/mol. The first-order chi connectivity index (χ1) is 17.4. The minimum absolute atomic E-state index is 0.163. The fourth-order valence-corrected chi connectivity index (χ4v) is 4.78. The van der Waals surface area contributed by atoms with Crippen molar-refractivity contribution in [1.82, 2.24) is 5.32 Å². The second-order valence-electron chi connectivity index (χ2n) is 9.46. The molecule has 1 aliphatic carbocycles. The molecule has 2 N–H and O–H groups in total. The third-order valence-electron chi connectivity index (χ3n) is 6.98. The van der Waals surface area contributed by atoms with Gasteiger partial charge in [0.1, 0.15) is 23.7 Å². The van der Waals surface area contributed by atoms with Gasteiger partial charge in [-0.2, -0.15) is 5.26 Å². The number of rotatable bonds is 11. The van der Waals surface area contributed by atoms with Crippen LogP contribution >= 0.6 is 0 Å². The van der Waals surface area contributed by atoms with Crippen LogP contribution in [0.5, 0.6) is 5.75 Å². The topological polar surface area (TPSA) is 82.3 Å². The first kappa shape index (κ1) is 25.4. The molecule has 3 aromatic rings. The Hall–Kier alpha value is -3.69. The number of aryl methyl sites for hydroxylation is 1. The second kappa shape index (κ2) is 10.9. The lowest BCUT2D eigenvalue weighted by atomic mass is 9.93. The Morgan fingerprint density at radius 3 is 2.56 bits per heavy atom. The first-order valence-electron chi connectivity index (χ1n) is 12.4. The predicted octanol–water partition coefficient (Wildman–Crippen LogP) is 5.85. The molecule has 2 atom stereocenters. The van der Waals surface area contributed by atoms with Gasteiger partial charge in [0.05, 0.1) is 17.0 Å². The number of halogens is 1. The Morgan fingerprint density at radius 1 is 1.17 bits per heavy atom. The van der Waals surface area contributed by atoms with Crippen molar-refractivity contribution < 1.29 is 19.0 Å². The average molecular weight is 487 g/mol. The molecule has 0 saturated heterocycles. The van der Waals surface area contributed by atoms with Crippen molar-refractivity contribution >= 4 is 5.97 Å². The Balaban J connectivity index is 1.53. The van der Waals surface area contributed by atoms with E-state index in [4.69, 9.17) is 4.74 Å². The zero-order valence-electron chi connectivity index (χ0n) is 20.6. The maximum Gasteiger partial charge on any atom is 0.314 e. The van der Waals surface area contributed by atoms with Gasteiger partial charge in [0.15, 0.2) is 0 Å². The highest BCUT2D eigenvalue weighted by atomic mass is 19.1. The minimum atomic E-state index is -0.752. The van der Waals surface area contributed by atoms with Crippen molar-refractivity contribution in [2.24, 2.45) is 0 Å². The second-order valence-corrected chi connectivity index (χ2v) is 9.46. The Labute approximate surface area is 211 Å². The summed E-state index contributed by atoms with van der Waals surface area (Å²) in [6.45, 7) is 4.42.